The minimum absolute atomic E-state index is 0.328. The highest BCUT2D eigenvalue weighted by atomic mass is 19.1. The van der Waals surface area contributed by atoms with Gasteiger partial charge in [-0.25, -0.2) is 23.7 Å². The van der Waals surface area contributed by atoms with Gasteiger partial charge in [-0.05, 0) is 42.5 Å². The lowest BCUT2D eigenvalue weighted by Gasteiger charge is -2.36. The smallest absolute Gasteiger partial charge is 0.213 e. The Labute approximate surface area is 206 Å². The summed E-state index contributed by atoms with van der Waals surface area (Å²) in [7, 11) is 1.56. The zero-order valence-electron chi connectivity index (χ0n) is 19.6. The van der Waals surface area contributed by atoms with Gasteiger partial charge in [-0.15, -0.1) is 0 Å². The Morgan fingerprint density at radius 1 is 1.00 bits per heavy atom. The second-order valence-electron chi connectivity index (χ2n) is 8.42. The SMILES string of the molecule is COc1ccc(Nc2nc3ccc(C#N)cc3nc2N2CCN(Cc3cc(F)ccc3F)CC2)cn1. The fourth-order valence-electron chi connectivity index (χ4n) is 4.15. The maximum absolute atomic E-state index is 14.1. The number of nitrogens with zero attached hydrogens (tertiary/aromatic N) is 6. The minimum atomic E-state index is -0.447. The summed E-state index contributed by atoms with van der Waals surface area (Å²) in [6.45, 7) is 2.83. The molecule has 1 saturated heterocycles. The number of aromatic nitrogens is 3. The molecule has 1 N–H and O–H groups in total. The molecule has 2 aromatic carbocycles. The van der Waals surface area contributed by atoms with Crippen LogP contribution in [-0.4, -0.2) is 53.1 Å². The van der Waals surface area contributed by atoms with Gasteiger partial charge in [0.05, 0.1) is 41.7 Å². The van der Waals surface area contributed by atoms with Gasteiger partial charge in [0.25, 0.3) is 0 Å². The second kappa shape index (κ2) is 10.1. The van der Waals surface area contributed by atoms with Crippen molar-refractivity contribution >= 4 is 28.4 Å². The van der Waals surface area contributed by atoms with Crippen molar-refractivity contribution in [2.45, 2.75) is 6.54 Å². The summed E-state index contributed by atoms with van der Waals surface area (Å²) >= 11 is 0. The fraction of sp³-hybridized carbons (Fsp3) is 0.231. The Hall–Kier alpha value is -4.36. The first-order valence-corrected chi connectivity index (χ1v) is 11.4. The fourth-order valence-corrected chi connectivity index (χ4v) is 4.15. The third-order valence-corrected chi connectivity index (χ3v) is 6.06. The molecule has 4 aromatic rings. The average molecular weight is 488 g/mol. The Balaban J connectivity index is 1.41. The number of rotatable bonds is 6. The molecule has 10 heteroatoms. The van der Waals surface area contributed by atoms with Gasteiger partial charge < -0.3 is 15.0 Å². The van der Waals surface area contributed by atoms with Gasteiger partial charge in [-0.2, -0.15) is 5.26 Å². The number of anilines is 3. The van der Waals surface area contributed by atoms with E-state index in [2.05, 4.69) is 26.2 Å². The molecule has 0 spiro atoms. The van der Waals surface area contributed by atoms with Gasteiger partial charge in [-0.3, -0.25) is 4.90 Å². The van der Waals surface area contributed by atoms with Crippen molar-refractivity contribution in [1.29, 1.82) is 5.26 Å². The van der Waals surface area contributed by atoms with E-state index in [0.717, 1.165) is 17.8 Å². The normalized spacial score (nSPS) is 14.0. The third kappa shape index (κ3) is 5.01. The number of piperazine rings is 1. The summed E-state index contributed by atoms with van der Waals surface area (Å²) in [5.74, 6) is 0.845. The van der Waals surface area contributed by atoms with Crippen LogP contribution in [0.15, 0.2) is 54.7 Å². The molecule has 0 bridgehead atoms. The Bertz CT molecular complexity index is 1430. The number of pyridine rings is 1. The van der Waals surface area contributed by atoms with E-state index in [-0.39, 0.29) is 0 Å². The first-order valence-electron chi connectivity index (χ1n) is 11.4. The molecule has 36 heavy (non-hydrogen) atoms. The van der Waals surface area contributed by atoms with Crippen LogP contribution in [0.25, 0.3) is 11.0 Å². The summed E-state index contributed by atoms with van der Waals surface area (Å²) in [5.41, 5.74) is 2.84. The lowest BCUT2D eigenvalue weighted by Crippen LogP contribution is -2.46. The number of halogens is 2. The molecular weight excluding hydrogens is 464 g/mol. The number of hydrogen-bond donors (Lipinski definition) is 1. The predicted molar refractivity (Wildman–Crippen MR) is 132 cm³/mol. The quantitative estimate of drug-likeness (QED) is 0.432. The topological polar surface area (TPSA) is 90.2 Å². The van der Waals surface area contributed by atoms with E-state index < -0.39 is 11.6 Å². The molecule has 0 amide bonds. The molecule has 2 aromatic heterocycles. The highest BCUT2D eigenvalue weighted by Crippen LogP contribution is 2.29. The van der Waals surface area contributed by atoms with Gasteiger partial charge >= 0.3 is 0 Å². The first-order chi connectivity index (χ1) is 17.5. The van der Waals surface area contributed by atoms with Crippen molar-refractivity contribution < 1.29 is 13.5 Å². The lowest BCUT2D eigenvalue weighted by molar-refractivity contribution is 0.246. The van der Waals surface area contributed by atoms with E-state index in [1.165, 1.54) is 6.07 Å². The molecule has 0 radical (unpaired) electrons. The van der Waals surface area contributed by atoms with Crippen LogP contribution in [0.4, 0.5) is 26.1 Å². The van der Waals surface area contributed by atoms with Crippen LogP contribution in [0.5, 0.6) is 5.88 Å². The number of benzene rings is 2. The van der Waals surface area contributed by atoms with Crippen molar-refractivity contribution in [3.05, 3.63) is 77.5 Å². The largest absolute Gasteiger partial charge is 0.481 e. The lowest BCUT2D eigenvalue weighted by atomic mass is 10.1. The van der Waals surface area contributed by atoms with Crippen LogP contribution in [0.2, 0.25) is 0 Å². The van der Waals surface area contributed by atoms with Crippen LogP contribution < -0.4 is 15.0 Å². The molecule has 0 saturated carbocycles. The Kier molecular flexibility index (Phi) is 6.56. The van der Waals surface area contributed by atoms with Gasteiger partial charge in [0.15, 0.2) is 11.6 Å². The van der Waals surface area contributed by atoms with E-state index in [4.69, 9.17) is 14.7 Å². The zero-order chi connectivity index (χ0) is 25.1. The number of methoxy groups -OCH3 is 1. The van der Waals surface area contributed by atoms with E-state index in [9.17, 15) is 14.0 Å². The predicted octanol–water partition coefficient (Wildman–Crippen LogP) is 4.25. The molecule has 0 unspecified atom stereocenters. The highest BCUT2D eigenvalue weighted by molar-refractivity contribution is 5.83. The standard InChI is InChI=1S/C26H23F2N7O/c1-36-24-7-4-20(15-30-24)31-25-26(33-23-12-17(14-29)2-6-22(23)32-25)35-10-8-34(9-11-35)16-18-13-19(27)3-5-21(18)28/h2-7,12-13,15H,8-11,16H2,1H3,(H,31,32). The minimum Gasteiger partial charge on any atom is -0.481 e. The molecule has 5 rings (SSSR count). The molecule has 3 heterocycles. The summed E-state index contributed by atoms with van der Waals surface area (Å²) in [6, 6.07) is 14.5. The number of ether oxygens (including phenoxy) is 1. The zero-order valence-corrected chi connectivity index (χ0v) is 19.6. The third-order valence-electron chi connectivity index (χ3n) is 6.06. The number of hydrogen-bond acceptors (Lipinski definition) is 8. The molecule has 1 aliphatic rings. The van der Waals surface area contributed by atoms with Crippen LogP contribution >= 0.6 is 0 Å². The summed E-state index contributed by atoms with van der Waals surface area (Å²) < 4.78 is 32.8. The molecule has 0 atom stereocenters. The van der Waals surface area contributed by atoms with Gasteiger partial charge in [0, 0.05) is 44.4 Å². The summed E-state index contributed by atoms with van der Waals surface area (Å²) in [4.78, 5) is 18.0. The van der Waals surface area contributed by atoms with Crippen molar-refractivity contribution in [2.24, 2.45) is 0 Å². The molecule has 1 aliphatic heterocycles. The first kappa shape index (κ1) is 23.4. The number of fused-ring (bicyclic) bond motifs is 1. The van der Waals surface area contributed by atoms with Crippen LogP contribution in [-0.2, 0) is 6.54 Å². The molecule has 0 aliphatic carbocycles. The van der Waals surface area contributed by atoms with E-state index in [0.29, 0.717) is 72.4 Å². The van der Waals surface area contributed by atoms with Gasteiger partial charge in [-0.1, -0.05) is 0 Å². The van der Waals surface area contributed by atoms with Gasteiger partial charge in [0.1, 0.15) is 11.6 Å². The van der Waals surface area contributed by atoms with Crippen LogP contribution in [0, 0.1) is 23.0 Å². The molecule has 1 fully saturated rings. The van der Waals surface area contributed by atoms with E-state index in [1.54, 1.807) is 37.6 Å². The molecule has 182 valence electrons. The summed E-state index contributed by atoms with van der Waals surface area (Å²) in [6.07, 6.45) is 1.65. The molecular formula is C26H23F2N7O. The van der Waals surface area contributed by atoms with Crippen molar-refractivity contribution in [1.82, 2.24) is 19.9 Å². The van der Waals surface area contributed by atoms with E-state index in [1.807, 2.05) is 6.07 Å². The highest BCUT2D eigenvalue weighted by Gasteiger charge is 2.23. The maximum Gasteiger partial charge on any atom is 0.213 e. The van der Waals surface area contributed by atoms with E-state index >= 15 is 0 Å². The van der Waals surface area contributed by atoms with Crippen LogP contribution in [0.1, 0.15) is 11.1 Å². The average Bonchev–Trinajstić information content (AvgIpc) is 2.91. The summed E-state index contributed by atoms with van der Waals surface area (Å²) in [5, 5.41) is 12.6. The molecule has 8 nitrogen and oxygen atoms in total. The Morgan fingerprint density at radius 2 is 1.83 bits per heavy atom. The maximum atomic E-state index is 14.1. The van der Waals surface area contributed by atoms with Gasteiger partial charge in [0.2, 0.25) is 5.88 Å². The van der Waals surface area contributed by atoms with Crippen molar-refractivity contribution in [2.75, 3.05) is 43.5 Å². The monoisotopic (exact) mass is 487 g/mol. The van der Waals surface area contributed by atoms with Crippen LogP contribution in [0.3, 0.4) is 0 Å². The van der Waals surface area contributed by atoms with Crippen molar-refractivity contribution in [3.8, 4) is 11.9 Å². The number of nitrogens with one attached hydrogen (secondary N) is 1. The van der Waals surface area contributed by atoms with Crippen molar-refractivity contribution in [3.63, 3.8) is 0 Å². The Morgan fingerprint density at radius 3 is 2.56 bits per heavy atom. The second-order valence-corrected chi connectivity index (χ2v) is 8.42. The number of nitriles is 1.